The van der Waals surface area contributed by atoms with Crippen LogP contribution in [0.5, 0.6) is 5.75 Å². The number of rotatable bonds is 22. The van der Waals surface area contributed by atoms with Crippen LogP contribution < -0.4 is 25.2 Å². The fourth-order valence-electron chi connectivity index (χ4n) is 8.09. The SMILES string of the molecule is CN1C(=O)CCc2cc(Nc3cc(N4CCC(OCCOCCOCCOCCOCCOc5ccc6c(c5)CN(C5CCC(=O)NC5=O)C6=O)CC4)c([N+](=O)[O-])cc3Cl)ccc21. The molecule has 1 atom stereocenters. The van der Waals surface area contributed by atoms with Crippen molar-refractivity contribution in [3.8, 4) is 5.75 Å². The summed E-state index contributed by atoms with van der Waals surface area (Å²) < 4.78 is 34.2. The van der Waals surface area contributed by atoms with Crippen molar-refractivity contribution in [1.82, 2.24) is 10.2 Å². The fraction of sp³-hybridized carbons (Fsp3) is 0.500. The van der Waals surface area contributed by atoms with Gasteiger partial charge in [-0.2, -0.15) is 0 Å². The lowest BCUT2D eigenvalue weighted by molar-refractivity contribution is -0.384. The quantitative estimate of drug-likeness (QED) is 0.0604. The van der Waals surface area contributed by atoms with Gasteiger partial charge < -0.3 is 48.4 Å². The minimum absolute atomic E-state index is 0.0126. The third-order valence-electron chi connectivity index (χ3n) is 11.4. The number of amides is 4. The van der Waals surface area contributed by atoms with E-state index in [1.54, 1.807) is 36.2 Å². The van der Waals surface area contributed by atoms with Crippen molar-refractivity contribution in [3.63, 3.8) is 0 Å². The van der Waals surface area contributed by atoms with Crippen molar-refractivity contribution in [2.24, 2.45) is 0 Å². The van der Waals surface area contributed by atoms with Gasteiger partial charge >= 0.3 is 0 Å². The Kier molecular flexibility index (Phi) is 15.8. The van der Waals surface area contributed by atoms with Crippen LogP contribution >= 0.6 is 11.6 Å². The lowest BCUT2D eigenvalue weighted by Crippen LogP contribution is -2.52. The number of ether oxygens (including phenoxy) is 6. The molecule has 2 saturated heterocycles. The maximum absolute atomic E-state index is 12.9. The maximum Gasteiger partial charge on any atom is 0.294 e. The van der Waals surface area contributed by atoms with Crippen molar-refractivity contribution in [2.75, 3.05) is 101 Å². The van der Waals surface area contributed by atoms with E-state index in [0.717, 1.165) is 22.5 Å². The summed E-state index contributed by atoms with van der Waals surface area (Å²) >= 11 is 6.54. The maximum atomic E-state index is 12.9. The van der Waals surface area contributed by atoms with E-state index in [4.69, 9.17) is 40.0 Å². The smallest absolute Gasteiger partial charge is 0.294 e. The Balaban J connectivity index is 0.698. The van der Waals surface area contributed by atoms with Gasteiger partial charge in [-0.05, 0) is 79.3 Å². The van der Waals surface area contributed by atoms with E-state index in [1.807, 2.05) is 23.1 Å². The Morgan fingerprint density at radius 2 is 1.46 bits per heavy atom. The normalized spacial score (nSPS) is 17.8. The zero-order chi connectivity index (χ0) is 44.3. The first-order valence-electron chi connectivity index (χ1n) is 21.3. The number of aryl methyl sites for hydroxylation is 1. The van der Waals surface area contributed by atoms with Gasteiger partial charge in [0.15, 0.2) is 0 Å². The van der Waals surface area contributed by atoms with Crippen LogP contribution in [0.2, 0.25) is 5.02 Å². The molecule has 2 N–H and O–H groups in total. The van der Waals surface area contributed by atoms with Crippen LogP contribution in [-0.4, -0.2) is 132 Å². The zero-order valence-corrected chi connectivity index (χ0v) is 36.0. The number of carbonyl (C=O) groups is 4. The molecule has 4 aliphatic rings. The molecule has 4 aliphatic heterocycles. The number of nitro benzene ring substituents is 1. The molecular weight excluding hydrogens is 840 g/mol. The topological polar surface area (TPSA) is 201 Å². The highest BCUT2D eigenvalue weighted by molar-refractivity contribution is 6.33. The minimum atomic E-state index is -0.656. The number of imide groups is 1. The van der Waals surface area contributed by atoms with E-state index < -0.39 is 16.9 Å². The molecule has 7 rings (SSSR count). The van der Waals surface area contributed by atoms with Crippen molar-refractivity contribution in [2.45, 2.75) is 57.2 Å². The lowest BCUT2D eigenvalue weighted by Gasteiger charge is -2.33. The first kappa shape index (κ1) is 45.6. The fourth-order valence-corrected chi connectivity index (χ4v) is 8.30. The summed E-state index contributed by atoms with van der Waals surface area (Å²) in [6.45, 7) is 5.45. The standard InChI is InChI=1S/C44H53ClN6O12/c1-48-37-6-3-31(24-29(37)2-9-42(48)53)46-36-27-39(40(51(56)57)26-35(36)45)49-12-10-32(11-13-49)62-22-20-60-18-16-58-14-15-59-17-19-61-21-23-63-33-4-5-34-30(25-33)28-50(44(34)55)38-7-8-41(52)47-43(38)54/h3-6,24-27,32,38,46H,2,7-23,28H2,1H3,(H,47,52,54). The summed E-state index contributed by atoms with van der Waals surface area (Å²) in [5.41, 5.74) is 5.02. The van der Waals surface area contributed by atoms with Crippen molar-refractivity contribution < 1.29 is 52.5 Å². The Hall–Kier alpha value is -5.37. The van der Waals surface area contributed by atoms with E-state index in [9.17, 15) is 29.3 Å². The Morgan fingerprint density at radius 3 is 2.14 bits per heavy atom. The molecule has 63 heavy (non-hydrogen) atoms. The summed E-state index contributed by atoms with van der Waals surface area (Å²) in [4.78, 5) is 65.5. The molecule has 4 amide bonds. The van der Waals surface area contributed by atoms with Gasteiger partial charge in [-0.25, -0.2) is 0 Å². The molecule has 1 unspecified atom stereocenters. The summed E-state index contributed by atoms with van der Waals surface area (Å²) in [6.07, 6.45) is 3.04. The lowest BCUT2D eigenvalue weighted by atomic mass is 10.0. The predicted molar refractivity (Wildman–Crippen MR) is 232 cm³/mol. The second kappa shape index (κ2) is 21.8. The highest BCUT2D eigenvalue weighted by Crippen LogP contribution is 2.40. The van der Waals surface area contributed by atoms with Gasteiger partial charge in [0.2, 0.25) is 17.7 Å². The molecule has 0 saturated carbocycles. The van der Waals surface area contributed by atoms with Crippen LogP contribution in [0.25, 0.3) is 0 Å². The molecule has 0 aromatic heterocycles. The number of fused-ring (bicyclic) bond motifs is 2. The predicted octanol–water partition coefficient (Wildman–Crippen LogP) is 4.79. The Bertz CT molecular complexity index is 2150. The monoisotopic (exact) mass is 892 g/mol. The molecule has 0 radical (unpaired) electrons. The highest BCUT2D eigenvalue weighted by atomic mass is 35.5. The molecule has 3 aromatic rings. The molecule has 3 aromatic carbocycles. The largest absolute Gasteiger partial charge is 0.491 e. The van der Waals surface area contributed by atoms with Gasteiger partial charge in [-0.1, -0.05) is 11.6 Å². The number of nitro groups is 1. The van der Waals surface area contributed by atoms with Gasteiger partial charge in [0, 0.05) is 62.5 Å². The number of carbonyl (C=O) groups excluding carboxylic acids is 4. The average Bonchev–Trinajstić information content (AvgIpc) is 3.60. The molecule has 19 heteroatoms. The van der Waals surface area contributed by atoms with Crippen LogP contribution in [0.15, 0.2) is 48.5 Å². The number of anilines is 4. The molecule has 0 bridgehead atoms. The highest BCUT2D eigenvalue weighted by Gasteiger charge is 2.39. The third kappa shape index (κ3) is 11.8. The average molecular weight is 893 g/mol. The number of benzene rings is 3. The molecule has 0 spiro atoms. The zero-order valence-electron chi connectivity index (χ0n) is 35.3. The van der Waals surface area contributed by atoms with E-state index in [0.29, 0.717) is 134 Å². The van der Waals surface area contributed by atoms with E-state index in [1.165, 1.54) is 11.0 Å². The molecule has 18 nitrogen and oxygen atoms in total. The van der Waals surface area contributed by atoms with Gasteiger partial charge in [0.1, 0.15) is 24.1 Å². The first-order chi connectivity index (χ1) is 30.5. The third-order valence-corrected chi connectivity index (χ3v) is 11.7. The van der Waals surface area contributed by atoms with Gasteiger partial charge in [0.05, 0.1) is 81.2 Å². The number of piperidine rings is 2. The van der Waals surface area contributed by atoms with Crippen molar-refractivity contribution >= 4 is 63.7 Å². The summed E-state index contributed by atoms with van der Waals surface area (Å²) in [6, 6.07) is 13.4. The Morgan fingerprint density at radius 1 is 0.778 bits per heavy atom. The molecule has 4 heterocycles. The van der Waals surface area contributed by atoms with E-state index in [2.05, 4.69) is 10.6 Å². The van der Waals surface area contributed by atoms with Gasteiger partial charge in [-0.3, -0.25) is 34.6 Å². The molecule has 338 valence electrons. The summed E-state index contributed by atoms with van der Waals surface area (Å²) in [7, 11) is 1.77. The van der Waals surface area contributed by atoms with Crippen LogP contribution in [0, 0.1) is 10.1 Å². The summed E-state index contributed by atoms with van der Waals surface area (Å²) in [5, 5.41) is 17.9. The van der Waals surface area contributed by atoms with E-state index >= 15 is 0 Å². The van der Waals surface area contributed by atoms with Crippen LogP contribution in [0.1, 0.15) is 53.6 Å². The molecular formula is C44H53ClN6O12. The van der Waals surface area contributed by atoms with E-state index in [-0.39, 0.29) is 47.5 Å². The van der Waals surface area contributed by atoms with Crippen LogP contribution in [0.4, 0.5) is 28.4 Å². The number of hydrogen-bond donors (Lipinski definition) is 2. The second-order valence-electron chi connectivity index (χ2n) is 15.6. The van der Waals surface area contributed by atoms with Crippen molar-refractivity contribution in [1.29, 1.82) is 0 Å². The van der Waals surface area contributed by atoms with Crippen molar-refractivity contribution in [3.05, 3.63) is 80.4 Å². The van der Waals surface area contributed by atoms with Gasteiger partial charge in [-0.15, -0.1) is 0 Å². The first-order valence-corrected chi connectivity index (χ1v) is 21.7. The number of halogens is 1. The van der Waals surface area contributed by atoms with Crippen LogP contribution in [-0.2, 0) is 51.0 Å². The summed E-state index contributed by atoms with van der Waals surface area (Å²) in [5.74, 6) is -0.300. The number of nitrogens with zero attached hydrogens (tertiary/aromatic N) is 4. The number of hydrogen-bond acceptors (Lipinski definition) is 14. The van der Waals surface area contributed by atoms with Gasteiger partial charge in [0.25, 0.3) is 11.6 Å². The number of nitrogens with one attached hydrogen (secondary N) is 2. The molecule has 2 fully saturated rings. The minimum Gasteiger partial charge on any atom is -0.491 e. The second-order valence-corrected chi connectivity index (χ2v) is 16.0. The van der Waals surface area contributed by atoms with Crippen LogP contribution in [0.3, 0.4) is 0 Å². The Labute approximate surface area is 370 Å². The molecule has 0 aliphatic carbocycles.